The van der Waals surface area contributed by atoms with Gasteiger partial charge >= 0.3 is 0 Å². The van der Waals surface area contributed by atoms with E-state index in [1.807, 2.05) is 0 Å². The van der Waals surface area contributed by atoms with E-state index in [4.69, 9.17) is 4.74 Å². The van der Waals surface area contributed by atoms with Crippen LogP contribution in [0.5, 0.6) is 0 Å². The van der Waals surface area contributed by atoms with Crippen LogP contribution in [0.3, 0.4) is 0 Å². The maximum atomic E-state index is 11.7. The Kier molecular flexibility index (Phi) is 4.87. The molecule has 0 bridgehead atoms. The van der Waals surface area contributed by atoms with Gasteiger partial charge in [-0.25, -0.2) is 4.68 Å². The van der Waals surface area contributed by atoms with Crippen LogP contribution < -0.4 is 5.56 Å². The van der Waals surface area contributed by atoms with Gasteiger partial charge in [0.1, 0.15) is 0 Å². The van der Waals surface area contributed by atoms with Gasteiger partial charge in [-0.05, 0) is 5.56 Å². The van der Waals surface area contributed by atoms with E-state index in [1.165, 1.54) is 4.68 Å². The number of fused-ring (bicyclic) bond motifs is 1. The Hall–Kier alpha value is -1.28. The average molecular weight is 308 g/mol. The van der Waals surface area contributed by atoms with E-state index >= 15 is 0 Å². The third-order valence-electron chi connectivity index (χ3n) is 4.36. The van der Waals surface area contributed by atoms with Crippen molar-refractivity contribution < 1.29 is 9.84 Å². The average Bonchev–Trinajstić information content (AvgIpc) is 2.49. The first-order chi connectivity index (χ1) is 10.6. The van der Waals surface area contributed by atoms with Gasteiger partial charge in [-0.15, -0.1) is 0 Å². The summed E-state index contributed by atoms with van der Waals surface area (Å²) in [6.45, 7) is 6.15. The Morgan fingerprint density at radius 2 is 2.00 bits per heavy atom. The van der Waals surface area contributed by atoms with Gasteiger partial charge < -0.3 is 9.84 Å². The molecule has 1 atom stereocenters. The number of hydrogen-bond acceptors (Lipinski definition) is 6. The number of morpholine rings is 1. The van der Waals surface area contributed by atoms with Gasteiger partial charge in [0.2, 0.25) is 0 Å². The number of nitrogens with zero attached hydrogens (tertiary/aromatic N) is 4. The largest absolute Gasteiger partial charge is 0.390 e. The molecule has 3 heterocycles. The van der Waals surface area contributed by atoms with Gasteiger partial charge in [-0.3, -0.25) is 14.6 Å². The van der Waals surface area contributed by atoms with Crippen LogP contribution in [0.15, 0.2) is 10.9 Å². The topological polar surface area (TPSA) is 70.8 Å². The first kappa shape index (κ1) is 15.6. The molecule has 0 aliphatic carbocycles. The summed E-state index contributed by atoms with van der Waals surface area (Å²) in [5.41, 5.74) is 1.92. The van der Waals surface area contributed by atoms with E-state index in [-0.39, 0.29) is 11.7 Å². The molecule has 7 heteroatoms. The van der Waals surface area contributed by atoms with E-state index in [9.17, 15) is 9.90 Å². The number of aromatic nitrogens is 2. The summed E-state index contributed by atoms with van der Waals surface area (Å²) in [5.74, 6) is 0. The zero-order valence-electron chi connectivity index (χ0n) is 13.1. The fraction of sp³-hybridized carbons (Fsp3) is 0.733. The second-order valence-corrected chi connectivity index (χ2v) is 6.13. The number of β-amino-alcohol motifs (C(OH)–C–C–N with tert-alkyl or cyclic N) is 1. The van der Waals surface area contributed by atoms with Crippen LogP contribution in [-0.2, 0) is 24.8 Å². The standard InChI is InChI=1S/C15H24N4O3/c1-17-15(21)8-12-9-19(3-2-14(12)16-17)11-13(20)10-18-4-6-22-7-5-18/h8,13,20H,2-7,9-11H2,1H3/t13-/m0/s1. The smallest absolute Gasteiger partial charge is 0.266 e. The van der Waals surface area contributed by atoms with Crippen molar-refractivity contribution in [2.75, 3.05) is 45.9 Å². The molecule has 0 amide bonds. The maximum absolute atomic E-state index is 11.7. The van der Waals surface area contributed by atoms with Crippen LogP contribution in [0.1, 0.15) is 11.3 Å². The van der Waals surface area contributed by atoms with Gasteiger partial charge in [0.05, 0.1) is 25.0 Å². The minimum atomic E-state index is -0.376. The van der Waals surface area contributed by atoms with Gasteiger partial charge in [-0.2, -0.15) is 5.10 Å². The Bertz CT molecular complexity index is 568. The number of rotatable bonds is 4. The molecule has 1 aromatic heterocycles. The van der Waals surface area contributed by atoms with Crippen molar-refractivity contribution in [2.24, 2.45) is 7.05 Å². The minimum absolute atomic E-state index is 0.0746. The second kappa shape index (κ2) is 6.87. The fourth-order valence-electron chi connectivity index (χ4n) is 3.15. The van der Waals surface area contributed by atoms with Gasteiger partial charge in [0.15, 0.2) is 0 Å². The summed E-state index contributed by atoms with van der Waals surface area (Å²) in [7, 11) is 1.68. The fourth-order valence-corrected chi connectivity index (χ4v) is 3.15. The molecular weight excluding hydrogens is 284 g/mol. The third-order valence-corrected chi connectivity index (χ3v) is 4.36. The molecule has 22 heavy (non-hydrogen) atoms. The van der Waals surface area contributed by atoms with E-state index in [0.29, 0.717) is 19.6 Å². The van der Waals surface area contributed by atoms with Crippen molar-refractivity contribution >= 4 is 0 Å². The molecule has 0 unspecified atom stereocenters. The Labute approximate surface area is 130 Å². The highest BCUT2D eigenvalue weighted by molar-refractivity contribution is 5.20. The molecule has 0 radical (unpaired) electrons. The number of aliphatic hydroxyl groups is 1. The summed E-state index contributed by atoms with van der Waals surface area (Å²) in [6.07, 6.45) is 0.451. The van der Waals surface area contributed by atoms with Crippen molar-refractivity contribution in [3.8, 4) is 0 Å². The van der Waals surface area contributed by atoms with Crippen LogP contribution in [-0.4, -0.2) is 76.7 Å². The van der Waals surface area contributed by atoms with Crippen LogP contribution in [0.2, 0.25) is 0 Å². The second-order valence-electron chi connectivity index (χ2n) is 6.13. The quantitative estimate of drug-likeness (QED) is 0.756. The van der Waals surface area contributed by atoms with Crippen molar-refractivity contribution in [3.63, 3.8) is 0 Å². The summed E-state index contributed by atoms with van der Waals surface area (Å²) >= 11 is 0. The van der Waals surface area contributed by atoms with Crippen LogP contribution >= 0.6 is 0 Å². The number of aryl methyl sites for hydroxylation is 1. The predicted molar refractivity (Wildman–Crippen MR) is 81.7 cm³/mol. The normalized spacial score (nSPS) is 21.5. The molecule has 3 rings (SSSR count). The zero-order chi connectivity index (χ0) is 15.5. The Balaban J connectivity index is 1.55. The first-order valence-corrected chi connectivity index (χ1v) is 7.88. The Morgan fingerprint density at radius 3 is 2.77 bits per heavy atom. The van der Waals surface area contributed by atoms with Crippen LogP contribution in [0.4, 0.5) is 0 Å². The summed E-state index contributed by atoms with van der Waals surface area (Å²) in [5, 5.41) is 14.6. The molecule has 2 aliphatic heterocycles. The molecule has 7 nitrogen and oxygen atoms in total. The number of hydrogen-bond donors (Lipinski definition) is 1. The van der Waals surface area contributed by atoms with E-state index in [0.717, 1.165) is 50.5 Å². The first-order valence-electron chi connectivity index (χ1n) is 7.88. The number of ether oxygens (including phenoxy) is 1. The molecule has 1 N–H and O–H groups in total. The molecule has 2 aliphatic rings. The van der Waals surface area contributed by atoms with Gasteiger partial charge in [0, 0.05) is 58.8 Å². The molecule has 1 saturated heterocycles. The summed E-state index contributed by atoms with van der Waals surface area (Å²) < 4.78 is 6.71. The highest BCUT2D eigenvalue weighted by Gasteiger charge is 2.22. The molecule has 0 saturated carbocycles. The third kappa shape index (κ3) is 3.73. The number of aliphatic hydroxyl groups excluding tert-OH is 1. The van der Waals surface area contributed by atoms with Crippen LogP contribution in [0.25, 0.3) is 0 Å². The van der Waals surface area contributed by atoms with Crippen LogP contribution in [0, 0.1) is 0 Å². The lowest BCUT2D eigenvalue weighted by atomic mass is 10.1. The molecule has 1 aromatic rings. The lowest BCUT2D eigenvalue weighted by Crippen LogP contribution is -2.45. The highest BCUT2D eigenvalue weighted by Crippen LogP contribution is 2.15. The SMILES string of the molecule is Cn1nc2c(cc1=O)CN(C[C@@H](O)CN1CCOCC1)CC2. The molecule has 122 valence electrons. The molecule has 0 spiro atoms. The van der Waals surface area contributed by atoms with Crippen molar-refractivity contribution in [2.45, 2.75) is 19.1 Å². The maximum Gasteiger partial charge on any atom is 0.266 e. The minimum Gasteiger partial charge on any atom is -0.390 e. The lowest BCUT2D eigenvalue weighted by molar-refractivity contribution is 0.00578. The van der Waals surface area contributed by atoms with Gasteiger partial charge in [0.25, 0.3) is 5.56 Å². The highest BCUT2D eigenvalue weighted by atomic mass is 16.5. The molecular formula is C15H24N4O3. The van der Waals surface area contributed by atoms with E-state index in [1.54, 1.807) is 13.1 Å². The van der Waals surface area contributed by atoms with Crippen molar-refractivity contribution in [1.29, 1.82) is 0 Å². The summed E-state index contributed by atoms with van der Waals surface area (Å²) in [6, 6.07) is 1.67. The zero-order valence-corrected chi connectivity index (χ0v) is 13.1. The van der Waals surface area contributed by atoms with E-state index < -0.39 is 0 Å². The predicted octanol–water partition coefficient (Wildman–Crippen LogP) is -1.17. The van der Waals surface area contributed by atoms with E-state index in [2.05, 4.69) is 14.9 Å². The van der Waals surface area contributed by atoms with Crippen molar-refractivity contribution in [3.05, 3.63) is 27.7 Å². The monoisotopic (exact) mass is 308 g/mol. The molecule has 0 aromatic carbocycles. The molecule has 1 fully saturated rings. The lowest BCUT2D eigenvalue weighted by Gasteiger charge is -2.33. The summed E-state index contributed by atoms with van der Waals surface area (Å²) in [4.78, 5) is 16.1. The van der Waals surface area contributed by atoms with Crippen molar-refractivity contribution in [1.82, 2.24) is 19.6 Å². The van der Waals surface area contributed by atoms with Gasteiger partial charge in [-0.1, -0.05) is 0 Å². The Morgan fingerprint density at radius 1 is 1.27 bits per heavy atom.